The summed E-state index contributed by atoms with van der Waals surface area (Å²) in [6, 6.07) is 0. The van der Waals surface area contributed by atoms with Crippen molar-refractivity contribution >= 4 is 0 Å². The third-order valence-corrected chi connectivity index (χ3v) is 1.86. The van der Waals surface area contributed by atoms with Gasteiger partial charge in [-0.05, 0) is 39.0 Å². The van der Waals surface area contributed by atoms with Crippen molar-refractivity contribution in [2.45, 2.75) is 39.0 Å². The van der Waals surface area contributed by atoms with Crippen LogP contribution in [0.15, 0.2) is 24.3 Å². The van der Waals surface area contributed by atoms with Crippen LogP contribution in [0.5, 0.6) is 0 Å². The van der Waals surface area contributed by atoms with Gasteiger partial charge in [-0.15, -0.1) is 0 Å². The first-order chi connectivity index (χ1) is 6.41. The van der Waals surface area contributed by atoms with E-state index in [1.54, 1.807) is 7.11 Å². The monoisotopic (exact) mass is 182 g/mol. The van der Waals surface area contributed by atoms with Crippen LogP contribution < -0.4 is 0 Å². The summed E-state index contributed by atoms with van der Waals surface area (Å²) < 4.78 is 4.96. The Morgan fingerprint density at radius 1 is 0.923 bits per heavy atom. The third-order valence-electron chi connectivity index (χ3n) is 1.86. The summed E-state index contributed by atoms with van der Waals surface area (Å²) in [4.78, 5) is 0. The molecule has 0 rings (SSSR count). The van der Waals surface area contributed by atoms with Crippen LogP contribution >= 0.6 is 0 Å². The highest BCUT2D eigenvalue weighted by molar-refractivity contribution is 4.83. The Kier molecular flexibility index (Phi) is 10.9. The van der Waals surface area contributed by atoms with Crippen molar-refractivity contribution in [2.24, 2.45) is 0 Å². The van der Waals surface area contributed by atoms with Crippen LogP contribution in [0.25, 0.3) is 0 Å². The van der Waals surface area contributed by atoms with Crippen molar-refractivity contribution in [2.75, 3.05) is 13.7 Å². The Bertz CT molecular complexity index is 136. The summed E-state index contributed by atoms with van der Waals surface area (Å²) in [5.41, 5.74) is 0. The van der Waals surface area contributed by atoms with Crippen LogP contribution in [0.1, 0.15) is 39.0 Å². The van der Waals surface area contributed by atoms with Crippen LogP contribution in [0, 0.1) is 0 Å². The second kappa shape index (κ2) is 11.4. The molecule has 0 aromatic heterocycles. The van der Waals surface area contributed by atoms with Crippen molar-refractivity contribution < 1.29 is 4.74 Å². The van der Waals surface area contributed by atoms with Crippen LogP contribution in [0.3, 0.4) is 0 Å². The Balaban J connectivity index is 3.03. The first-order valence-electron chi connectivity index (χ1n) is 5.17. The Morgan fingerprint density at radius 3 is 2.15 bits per heavy atom. The summed E-state index contributed by atoms with van der Waals surface area (Å²) in [5.74, 6) is 0. The maximum atomic E-state index is 4.96. The molecule has 0 radical (unpaired) electrons. The molecule has 0 N–H and O–H groups in total. The molecule has 76 valence electrons. The van der Waals surface area contributed by atoms with Gasteiger partial charge in [0.15, 0.2) is 0 Å². The number of hydrogen-bond donors (Lipinski definition) is 0. The van der Waals surface area contributed by atoms with Gasteiger partial charge in [0, 0.05) is 13.7 Å². The maximum absolute atomic E-state index is 4.96. The van der Waals surface area contributed by atoms with Gasteiger partial charge in [-0.25, -0.2) is 0 Å². The molecule has 0 unspecified atom stereocenters. The van der Waals surface area contributed by atoms with Gasteiger partial charge in [0.25, 0.3) is 0 Å². The van der Waals surface area contributed by atoms with E-state index in [2.05, 4.69) is 31.2 Å². The first kappa shape index (κ1) is 12.4. The van der Waals surface area contributed by atoms with E-state index in [9.17, 15) is 0 Å². The zero-order chi connectivity index (χ0) is 9.78. The molecule has 0 aromatic rings. The lowest BCUT2D eigenvalue weighted by atomic mass is 10.2. The number of unbranched alkanes of at least 4 members (excludes halogenated alkanes) is 3. The van der Waals surface area contributed by atoms with E-state index in [0.717, 1.165) is 19.4 Å². The van der Waals surface area contributed by atoms with E-state index >= 15 is 0 Å². The molecule has 0 saturated heterocycles. The molecular formula is C12H22O. The largest absolute Gasteiger partial charge is 0.385 e. The summed E-state index contributed by atoms with van der Waals surface area (Å²) in [7, 11) is 1.75. The first-order valence-corrected chi connectivity index (χ1v) is 5.17. The zero-order valence-electron chi connectivity index (χ0n) is 8.96. The maximum Gasteiger partial charge on any atom is 0.0465 e. The average molecular weight is 182 g/mol. The predicted octanol–water partition coefficient (Wildman–Crippen LogP) is 3.72. The molecule has 0 spiro atoms. The predicted molar refractivity (Wildman–Crippen MR) is 58.9 cm³/mol. The fourth-order valence-corrected chi connectivity index (χ4v) is 1.10. The summed E-state index contributed by atoms with van der Waals surface area (Å²) in [6.07, 6.45) is 14.8. The molecule has 0 amide bonds. The van der Waals surface area contributed by atoms with Gasteiger partial charge in [0.1, 0.15) is 0 Å². The molecule has 13 heavy (non-hydrogen) atoms. The van der Waals surface area contributed by atoms with Gasteiger partial charge < -0.3 is 4.74 Å². The average Bonchev–Trinajstić information content (AvgIpc) is 2.16. The van der Waals surface area contributed by atoms with E-state index in [1.165, 1.54) is 19.3 Å². The van der Waals surface area contributed by atoms with Crippen molar-refractivity contribution in [3.63, 3.8) is 0 Å². The van der Waals surface area contributed by atoms with E-state index in [4.69, 9.17) is 4.74 Å². The minimum atomic E-state index is 0.878. The topological polar surface area (TPSA) is 9.23 Å². The van der Waals surface area contributed by atoms with E-state index in [0.29, 0.717) is 0 Å². The van der Waals surface area contributed by atoms with E-state index in [-0.39, 0.29) is 0 Å². The van der Waals surface area contributed by atoms with Gasteiger partial charge in [0.2, 0.25) is 0 Å². The van der Waals surface area contributed by atoms with Crippen LogP contribution in [0.4, 0.5) is 0 Å². The van der Waals surface area contributed by atoms with Crippen molar-refractivity contribution in [3.8, 4) is 0 Å². The molecule has 0 aliphatic rings. The van der Waals surface area contributed by atoms with Gasteiger partial charge >= 0.3 is 0 Å². The van der Waals surface area contributed by atoms with E-state index < -0.39 is 0 Å². The minimum Gasteiger partial charge on any atom is -0.385 e. The molecule has 0 aliphatic carbocycles. The smallest absolute Gasteiger partial charge is 0.0465 e. The highest BCUT2D eigenvalue weighted by Crippen LogP contribution is 1.99. The molecular weight excluding hydrogens is 160 g/mol. The summed E-state index contributed by atoms with van der Waals surface area (Å²) >= 11 is 0. The van der Waals surface area contributed by atoms with Crippen LogP contribution in [-0.2, 0) is 4.74 Å². The molecule has 0 bridgehead atoms. The van der Waals surface area contributed by atoms with Gasteiger partial charge in [-0.2, -0.15) is 0 Å². The quantitative estimate of drug-likeness (QED) is 0.410. The molecule has 1 heteroatoms. The molecule has 0 aliphatic heterocycles. The lowest BCUT2D eigenvalue weighted by Crippen LogP contribution is -1.85. The molecule has 0 atom stereocenters. The van der Waals surface area contributed by atoms with Gasteiger partial charge in [0.05, 0.1) is 0 Å². The molecule has 1 nitrogen and oxygen atoms in total. The fraction of sp³-hybridized carbons (Fsp3) is 0.667. The summed E-state index contributed by atoms with van der Waals surface area (Å²) in [6.45, 7) is 2.95. The molecule has 0 aromatic carbocycles. The number of hydrogen-bond acceptors (Lipinski definition) is 1. The Hall–Kier alpha value is -0.560. The highest BCUT2D eigenvalue weighted by Gasteiger charge is 1.82. The highest BCUT2D eigenvalue weighted by atomic mass is 16.5. The number of rotatable bonds is 8. The lowest BCUT2D eigenvalue weighted by molar-refractivity contribution is 0.196. The van der Waals surface area contributed by atoms with Crippen molar-refractivity contribution in [1.82, 2.24) is 0 Å². The van der Waals surface area contributed by atoms with Crippen molar-refractivity contribution in [3.05, 3.63) is 24.3 Å². The fourth-order valence-electron chi connectivity index (χ4n) is 1.10. The number of ether oxygens (including phenoxy) is 1. The normalized spacial score (nSPS) is 11.8. The van der Waals surface area contributed by atoms with Crippen molar-refractivity contribution in [1.29, 1.82) is 0 Å². The Labute approximate surface area is 82.5 Å². The second-order valence-corrected chi connectivity index (χ2v) is 3.11. The minimum absolute atomic E-state index is 0.878. The lowest BCUT2D eigenvalue weighted by Gasteiger charge is -1.93. The molecule has 0 fully saturated rings. The molecule has 0 heterocycles. The van der Waals surface area contributed by atoms with E-state index in [1.807, 2.05) is 0 Å². The summed E-state index contributed by atoms with van der Waals surface area (Å²) in [5, 5.41) is 0. The third kappa shape index (κ3) is 11.4. The number of allylic oxidation sites excluding steroid dienone is 4. The Morgan fingerprint density at radius 2 is 1.54 bits per heavy atom. The standard InChI is InChI=1S/C12H22O/c1-3-4-5-6-7-8-9-10-11-12-13-2/h3-4,8-9H,5-7,10-12H2,1-2H3/b4-3-,9-8-. The zero-order valence-corrected chi connectivity index (χ0v) is 8.96. The number of methoxy groups -OCH3 is 1. The van der Waals surface area contributed by atoms with Gasteiger partial charge in [-0.3, -0.25) is 0 Å². The van der Waals surface area contributed by atoms with Crippen LogP contribution in [-0.4, -0.2) is 13.7 Å². The van der Waals surface area contributed by atoms with Gasteiger partial charge in [-0.1, -0.05) is 24.3 Å². The van der Waals surface area contributed by atoms with Crippen LogP contribution in [0.2, 0.25) is 0 Å². The second-order valence-electron chi connectivity index (χ2n) is 3.11. The molecule has 0 saturated carbocycles. The SMILES string of the molecule is C/C=C\CCC/C=C\CCCOC.